The molecule has 142 valence electrons. The second-order valence-electron chi connectivity index (χ2n) is 6.48. The fourth-order valence-electron chi connectivity index (χ4n) is 3.17. The number of aromatic nitrogens is 2. The molecule has 0 bridgehead atoms. The van der Waals surface area contributed by atoms with Gasteiger partial charge >= 0.3 is 0 Å². The third-order valence-electron chi connectivity index (χ3n) is 4.54. The zero-order valence-corrected chi connectivity index (χ0v) is 15.5. The van der Waals surface area contributed by atoms with Gasteiger partial charge in [0.1, 0.15) is 5.82 Å². The third kappa shape index (κ3) is 4.59. The highest BCUT2D eigenvalue weighted by atomic mass is 35.5. The summed E-state index contributed by atoms with van der Waals surface area (Å²) in [6.07, 6.45) is 3.34. The molecule has 0 saturated carbocycles. The van der Waals surface area contributed by atoms with Gasteiger partial charge in [-0.05, 0) is 43.5 Å². The van der Waals surface area contributed by atoms with E-state index in [1.807, 2.05) is 6.92 Å². The average Bonchev–Trinajstić information content (AvgIpc) is 3.12. The summed E-state index contributed by atoms with van der Waals surface area (Å²) in [6, 6.07) is 5.51. The van der Waals surface area contributed by atoms with Crippen LogP contribution < -0.4 is 5.73 Å². The number of nitrogens with zero attached hydrogens (tertiary/aromatic N) is 3. The molecule has 2 unspecified atom stereocenters. The van der Waals surface area contributed by atoms with Gasteiger partial charge in [0, 0.05) is 18.7 Å². The first-order valence-corrected chi connectivity index (χ1v) is 8.72. The molecular weight excluding hydrogens is 359 g/mol. The van der Waals surface area contributed by atoms with Crippen LogP contribution in [0.3, 0.4) is 0 Å². The van der Waals surface area contributed by atoms with Crippen LogP contribution in [0.15, 0.2) is 28.8 Å². The number of benzene rings is 1. The van der Waals surface area contributed by atoms with Crippen LogP contribution in [0.1, 0.15) is 44.4 Å². The minimum absolute atomic E-state index is 0. The Balaban J connectivity index is 0.00000243. The fraction of sp³-hybridized carbons (Fsp3) is 0.500. The zero-order chi connectivity index (χ0) is 17.8. The fourth-order valence-corrected chi connectivity index (χ4v) is 3.17. The third-order valence-corrected chi connectivity index (χ3v) is 4.54. The van der Waals surface area contributed by atoms with Crippen molar-refractivity contribution in [3.63, 3.8) is 0 Å². The lowest BCUT2D eigenvalue weighted by Gasteiger charge is -2.32. The van der Waals surface area contributed by atoms with E-state index in [9.17, 15) is 9.18 Å². The molecular formula is C18H24ClFN4O2. The van der Waals surface area contributed by atoms with Crippen molar-refractivity contribution < 1.29 is 13.7 Å². The van der Waals surface area contributed by atoms with Crippen molar-refractivity contribution in [2.45, 2.75) is 44.6 Å². The molecule has 1 aliphatic rings. The van der Waals surface area contributed by atoms with Crippen molar-refractivity contribution in [2.24, 2.45) is 5.73 Å². The van der Waals surface area contributed by atoms with E-state index in [-0.39, 0.29) is 30.0 Å². The number of nitrogens with two attached hydrogens (primary N) is 1. The number of piperidine rings is 1. The van der Waals surface area contributed by atoms with E-state index in [2.05, 4.69) is 10.1 Å². The van der Waals surface area contributed by atoms with E-state index in [0.717, 1.165) is 19.3 Å². The van der Waals surface area contributed by atoms with E-state index < -0.39 is 6.04 Å². The van der Waals surface area contributed by atoms with Crippen LogP contribution in [-0.2, 0) is 4.79 Å². The smallest absolute Gasteiger partial charge is 0.239 e. The highest BCUT2D eigenvalue weighted by Gasteiger charge is 2.30. The predicted octanol–water partition coefficient (Wildman–Crippen LogP) is 3.13. The largest absolute Gasteiger partial charge is 0.341 e. The van der Waals surface area contributed by atoms with Crippen LogP contribution in [0.25, 0.3) is 11.4 Å². The van der Waals surface area contributed by atoms with Gasteiger partial charge < -0.3 is 15.2 Å². The van der Waals surface area contributed by atoms with Crippen molar-refractivity contribution >= 4 is 18.3 Å². The van der Waals surface area contributed by atoms with Crippen LogP contribution in [0, 0.1) is 5.82 Å². The average molecular weight is 383 g/mol. The second kappa shape index (κ2) is 9.09. The molecule has 1 aromatic carbocycles. The van der Waals surface area contributed by atoms with E-state index in [0.29, 0.717) is 36.8 Å². The molecule has 1 fully saturated rings. The Morgan fingerprint density at radius 3 is 2.85 bits per heavy atom. The van der Waals surface area contributed by atoms with Gasteiger partial charge in [-0.15, -0.1) is 12.4 Å². The van der Waals surface area contributed by atoms with Crippen LogP contribution in [-0.4, -0.2) is 40.1 Å². The number of hydrogen-bond donors (Lipinski definition) is 1. The number of halogens is 2. The summed E-state index contributed by atoms with van der Waals surface area (Å²) in [5, 5.41) is 3.99. The van der Waals surface area contributed by atoms with Crippen LogP contribution in [0.5, 0.6) is 0 Å². The van der Waals surface area contributed by atoms with Crippen LogP contribution >= 0.6 is 12.4 Å². The number of carbonyl (C=O) groups excluding carboxylic acids is 1. The summed E-state index contributed by atoms with van der Waals surface area (Å²) >= 11 is 0. The molecule has 1 aliphatic heterocycles. The molecule has 1 aromatic heterocycles. The van der Waals surface area contributed by atoms with Gasteiger partial charge in [-0.3, -0.25) is 4.79 Å². The Morgan fingerprint density at radius 1 is 1.42 bits per heavy atom. The summed E-state index contributed by atoms with van der Waals surface area (Å²) < 4.78 is 18.4. The minimum atomic E-state index is -0.443. The predicted molar refractivity (Wildman–Crippen MR) is 98.4 cm³/mol. The van der Waals surface area contributed by atoms with E-state index >= 15 is 0 Å². The lowest BCUT2D eigenvalue weighted by molar-refractivity contribution is -0.134. The van der Waals surface area contributed by atoms with Crippen molar-refractivity contribution in [1.82, 2.24) is 15.0 Å². The van der Waals surface area contributed by atoms with Crippen molar-refractivity contribution in [3.05, 3.63) is 36.0 Å². The lowest BCUT2D eigenvalue weighted by Crippen LogP contribution is -2.47. The summed E-state index contributed by atoms with van der Waals surface area (Å²) in [4.78, 5) is 18.7. The Kier molecular flexibility index (Phi) is 7.11. The second-order valence-corrected chi connectivity index (χ2v) is 6.48. The molecule has 26 heavy (non-hydrogen) atoms. The van der Waals surface area contributed by atoms with Crippen molar-refractivity contribution in [1.29, 1.82) is 0 Å². The van der Waals surface area contributed by atoms with Gasteiger partial charge in [-0.1, -0.05) is 18.5 Å². The van der Waals surface area contributed by atoms with Gasteiger partial charge in [0.15, 0.2) is 0 Å². The Bertz CT molecular complexity index is 722. The van der Waals surface area contributed by atoms with E-state index in [1.165, 1.54) is 12.1 Å². The summed E-state index contributed by atoms with van der Waals surface area (Å²) in [7, 11) is 0. The van der Waals surface area contributed by atoms with Crippen molar-refractivity contribution in [3.8, 4) is 11.4 Å². The van der Waals surface area contributed by atoms with E-state index in [4.69, 9.17) is 10.3 Å². The summed E-state index contributed by atoms with van der Waals surface area (Å²) in [5.74, 6) is 0.636. The normalized spacial score (nSPS) is 18.3. The van der Waals surface area contributed by atoms with E-state index in [1.54, 1.807) is 17.0 Å². The van der Waals surface area contributed by atoms with Gasteiger partial charge in [0.2, 0.25) is 17.6 Å². The Morgan fingerprint density at radius 2 is 2.15 bits per heavy atom. The first-order valence-electron chi connectivity index (χ1n) is 8.72. The maximum absolute atomic E-state index is 13.0. The Labute approximate surface area is 158 Å². The Hall–Kier alpha value is -1.99. The topological polar surface area (TPSA) is 85.3 Å². The van der Waals surface area contributed by atoms with Gasteiger partial charge in [-0.2, -0.15) is 4.98 Å². The molecule has 3 rings (SSSR count). The maximum atomic E-state index is 13.0. The number of likely N-dealkylation sites (tertiary alicyclic amines) is 1. The van der Waals surface area contributed by atoms with Gasteiger partial charge in [0.25, 0.3) is 0 Å². The standard InChI is InChI=1S/C18H23FN4O2.ClH/c1-2-4-15(20)18(24)23-10-3-5-13(11-23)17-21-16(22-25-17)12-6-8-14(19)9-7-12;/h6-9,13,15H,2-5,10-11,20H2,1H3;1H. The summed E-state index contributed by atoms with van der Waals surface area (Å²) in [6.45, 7) is 3.27. The number of hydrogen-bond acceptors (Lipinski definition) is 5. The highest BCUT2D eigenvalue weighted by molar-refractivity contribution is 5.85. The molecule has 0 aliphatic carbocycles. The number of carbonyl (C=O) groups is 1. The number of amides is 1. The molecule has 8 heteroatoms. The molecule has 1 saturated heterocycles. The highest BCUT2D eigenvalue weighted by Crippen LogP contribution is 2.28. The quantitative estimate of drug-likeness (QED) is 0.858. The van der Waals surface area contributed by atoms with Crippen LogP contribution in [0.2, 0.25) is 0 Å². The minimum Gasteiger partial charge on any atom is -0.341 e. The zero-order valence-electron chi connectivity index (χ0n) is 14.7. The molecule has 1 amide bonds. The molecule has 2 atom stereocenters. The van der Waals surface area contributed by atoms with Gasteiger partial charge in [0.05, 0.1) is 12.0 Å². The maximum Gasteiger partial charge on any atom is 0.239 e. The molecule has 6 nitrogen and oxygen atoms in total. The molecule has 0 radical (unpaired) electrons. The van der Waals surface area contributed by atoms with Crippen LogP contribution in [0.4, 0.5) is 4.39 Å². The monoisotopic (exact) mass is 382 g/mol. The summed E-state index contributed by atoms with van der Waals surface area (Å²) in [5.41, 5.74) is 6.66. The lowest BCUT2D eigenvalue weighted by atomic mass is 9.97. The number of rotatable bonds is 5. The first-order chi connectivity index (χ1) is 12.1. The molecule has 0 spiro atoms. The SMILES string of the molecule is CCCC(N)C(=O)N1CCCC(c2nc(-c3ccc(F)cc3)no2)C1.Cl. The van der Waals surface area contributed by atoms with Gasteiger partial charge in [-0.25, -0.2) is 4.39 Å². The van der Waals surface area contributed by atoms with Crippen molar-refractivity contribution in [2.75, 3.05) is 13.1 Å². The molecule has 2 heterocycles. The molecule has 2 N–H and O–H groups in total. The first kappa shape index (κ1) is 20.3. The molecule has 2 aromatic rings.